The third kappa shape index (κ3) is 3.70. The molecular weight excluding hydrogens is 203 g/mol. The zero-order valence-electron chi connectivity index (χ0n) is 11.0. The molecule has 1 N–H and O–H groups in total. The molecule has 0 bridgehead atoms. The Morgan fingerprint density at radius 2 is 2.19 bits per heavy atom. The SMILES string of the molecule is CCCC1CN(CCF)C(C(C)CC)CN1. The molecule has 3 heteroatoms. The minimum Gasteiger partial charge on any atom is -0.311 e. The minimum atomic E-state index is -0.216. The van der Waals surface area contributed by atoms with Gasteiger partial charge >= 0.3 is 0 Å². The van der Waals surface area contributed by atoms with Gasteiger partial charge in [0.1, 0.15) is 6.67 Å². The highest BCUT2D eigenvalue weighted by Gasteiger charge is 2.29. The first kappa shape index (κ1) is 13.9. The fourth-order valence-corrected chi connectivity index (χ4v) is 2.64. The molecule has 3 unspecified atom stereocenters. The Morgan fingerprint density at radius 1 is 1.44 bits per heavy atom. The van der Waals surface area contributed by atoms with E-state index in [1.54, 1.807) is 0 Å². The molecule has 0 aliphatic carbocycles. The Hall–Kier alpha value is -0.150. The maximum atomic E-state index is 12.6. The molecule has 1 rings (SSSR count). The van der Waals surface area contributed by atoms with Gasteiger partial charge in [-0.1, -0.05) is 33.6 Å². The molecular formula is C13H27FN2. The predicted octanol–water partition coefficient (Wildman–Crippen LogP) is 2.44. The maximum absolute atomic E-state index is 12.6. The van der Waals surface area contributed by atoms with Gasteiger partial charge in [-0.25, -0.2) is 4.39 Å². The number of hydrogen-bond acceptors (Lipinski definition) is 2. The molecule has 1 fully saturated rings. The number of alkyl halides is 1. The molecule has 0 amide bonds. The quantitative estimate of drug-likeness (QED) is 0.754. The Kier molecular flexibility index (Phi) is 6.29. The van der Waals surface area contributed by atoms with Crippen LogP contribution in [0.5, 0.6) is 0 Å². The summed E-state index contributed by atoms with van der Waals surface area (Å²) in [6, 6.07) is 1.09. The Bertz CT molecular complexity index is 187. The lowest BCUT2D eigenvalue weighted by Gasteiger charge is -2.42. The van der Waals surface area contributed by atoms with E-state index in [1.165, 1.54) is 19.3 Å². The summed E-state index contributed by atoms with van der Waals surface area (Å²) in [6.45, 7) is 9.14. The van der Waals surface area contributed by atoms with Crippen molar-refractivity contribution in [1.29, 1.82) is 0 Å². The van der Waals surface area contributed by atoms with Crippen LogP contribution in [0.4, 0.5) is 4.39 Å². The summed E-state index contributed by atoms with van der Waals surface area (Å²) in [5, 5.41) is 3.61. The average molecular weight is 230 g/mol. The molecule has 1 heterocycles. The van der Waals surface area contributed by atoms with Gasteiger partial charge in [-0.3, -0.25) is 4.90 Å². The summed E-state index contributed by atoms with van der Waals surface area (Å²) >= 11 is 0. The van der Waals surface area contributed by atoms with Gasteiger partial charge in [-0.15, -0.1) is 0 Å². The van der Waals surface area contributed by atoms with E-state index in [0.29, 0.717) is 24.5 Å². The second-order valence-electron chi connectivity index (χ2n) is 5.03. The molecule has 16 heavy (non-hydrogen) atoms. The average Bonchev–Trinajstić information content (AvgIpc) is 2.29. The van der Waals surface area contributed by atoms with Crippen LogP contribution in [-0.2, 0) is 0 Å². The second kappa shape index (κ2) is 7.23. The zero-order chi connectivity index (χ0) is 12.0. The predicted molar refractivity (Wildman–Crippen MR) is 67.5 cm³/mol. The molecule has 96 valence electrons. The van der Waals surface area contributed by atoms with Gasteiger partial charge in [0.15, 0.2) is 0 Å². The summed E-state index contributed by atoms with van der Waals surface area (Å²) in [4.78, 5) is 2.35. The molecule has 0 aromatic heterocycles. The molecule has 1 aliphatic rings. The third-order valence-electron chi connectivity index (χ3n) is 3.85. The summed E-state index contributed by atoms with van der Waals surface area (Å²) < 4.78 is 12.6. The van der Waals surface area contributed by atoms with Gasteiger partial charge in [0, 0.05) is 31.7 Å². The normalized spacial score (nSPS) is 29.2. The number of nitrogens with zero attached hydrogens (tertiary/aromatic N) is 1. The Morgan fingerprint density at radius 3 is 2.75 bits per heavy atom. The third-order valence-corrected chi connectivity index (χ3v) is 3.85. The zero-order valence-corrected chi connectivity index (χ0v) is 11.0. The lowest BCUT2D eigenvalue weighted by Crippen LogP contribution is -2.58. The van der Waals surface area contributed by atoms with Crippen LogP contribution in [0.15, 0.2) is 0 Å². The monoisotopic (exact) mass is 230 g/mol. The Balaban J connectivity index is 2.52. The first-order valence-corrected chi connectivity index (χ1v) is 6.76. The summed E-state index contributed by atoms with van der Waals surface area (Å²) in [5.74, 6) is 0.654. The largest absolute Gasteiger partial charge is 0.311 e. The first-order chi connectivity index (χ1) is 7.72. The van der Waals surface area contributed by atoms with Crippen molar-refractivity contribution in [2.75, 3.05) is 26.3 Å². The highest BCUT2D eigenvalue weighted by molar-refractivity contribution is 4.88. The van der Waals surface area contributed by atoms with Crippen LogP contribution in [0.25, 0.3) is 0 Å². The van der Waals surface area contributed by atoms with Crippen molar-refractivity contribution in [2.45, 2.75) is 52.1 Å². The topological polar surface area (TPSA) is 15.3 Å². The van der Waals surface area contributed by atoms with E-state index in [4.69, 9.17) is 0 Å². The minimum absolute atomic E-state index is 0.216. The van der Waals surface area contributed by atoms with Gasteiger partial charge in [0.2, 0.25) is 0 Å². The highest BCUT2D eigenvalue weighted by atomic mass is 19.1. The van der Waals surface area contributed by atoms with E-state index in [-0.39, 0.29) is 6.67 Å². The van der Waals surface area contributed by atoms with Crippen molar-refractivity contribution in [2.24, 2.45) is 5.92 Å². The molecule has 0 spiro atoms. The van der Waals surface area contributed by atoms with Crippen molar-refractivity contribution in [3.8, 4) is 0 Å². The molecule has 0 aromatic carbocycles. The maximum Gasteiger partial charge on any atom is 0.102 e. The van der Waals surface area contributed by atoms with E-state index in [1.807, 2.05) is 0 Å². The number of halogens is 1. The van der Waals surface area contributed by atoms with Crippen LogP contribution in [0.1, 0.15) is 40.0 Å². The summed E-state index contributed by atoms with van der Waals surface area (Å²) in [6.07, 6.45) is 3.58. The van der Waals surface area contributed by atoms with Crippen molar-refractivity contribution >= 4 is 0 Å². The first-order valence-electron chi connectivity index (χ1n) is 6.76. The van der Waals surface area contributed by atoms with Crippen LogP contribution in [0.3, 0.4) is 0 Å². The molecule has 0 radical (unpaired) electrons. The molecule has 2 nitrogen and oxygen atoms in total. The summed E-state index contributed by atoms with van der Waals surface area (Å²) in [7, 11) is 0. The lowest BCUT2D eigenvalue weighted by atomic mass is 9.94. The van der Waals surface area contributed by atoms with Crippen LogP contribution < -0.4 is 5.32 Å². The fraction of sp³-hybridized carbons (Fsp3) is 1.00. The van der Waals surface area contributed by atoms with Crippen LogP contribution >= 0.6 is 0 Å². The van der Waals surface area contributed by atoms with E-state index < -0.39 is 0 Å². The number of nitrogens with one attached hydrogen (secondary N) is 1. The molecule has 3 atom stereocenters. The standard InChI is InChI=1S/C13H27FN2/c1-4-6-12-10-16(8-7-14)13(9-15-12)11(3)5-2/h11-13,15H,4-10H2,1-3H3. The molecule has 1 aliphatic heterocycles. The molecule has 0 saturated carbocycles. The number of rotatable bonds is 6. The summed E-state index contributed by atoms with van der Waals surface area (Å²) in [5.41, 5.74) is 0. The van der Waals surface area contributed by atoms with Crippen molar-refractivity contribution in [3.05, 3.63) is 0 Å². The molecule has 1 saturated heterocycles. The van der Waals surface area contributed by atoms with Crippen molar-refractivity contribution in [3.63, 3.8) is 0 Å². The van der Waals surface area contributed by atoms with Crippen LogP contribution in [0, 0.1) is 5.92 Å². The van der Waals surface area contributed by atoms with Gasteiger partial charge in [-0.05, 0) is 12.3 Å². The van der Waals surface area contributed by atoms with Gasteiger partial charge in [0.25, 0.3) is 0 Å². The van der Waals surface area contributed by atoms with Crippen LogP contribution in [-0.4, -0.2) is 43.3 Å². The smallest absolute Gasteiger partial charge is 0.102 e. The Labute approximate surface area is 99.6 Å². The highest BCUT2D eigenvalue weighted by Crippen LogP contribution is 2.19. The van der Waals surface area contributed by atoms with Gasteiger partial charge in [-0.2, -0.15) is 0 Å². The van der Waals surface area contributed by atoms with Gasteiger partial charge in [0.05, 0.1) is 0 Å². The van der Waals surface area contributed by atoms with E-state index in [9.17, 15) is 4.39 Å². The van der Waals surface area contributed by atoms with Crippen molar-refractivity contribution in [1.82, 2.24) is 10.2 Å². The fourth-order valence-electron chi connectivity index (χ4n) is 2.64. The van der Waals surface area contributed by atoms with Crippen LogP contribution in [0.2, 0.25) is 0 Å². The van der Waals surface area contributed by atoms with E-state index >= 15 is 0 Å². The number of piperazine rings is 1. The molecule has 0 aromatic rings. The number of hydrogen-bond donors (Lipinski definition) is 1. The van der Waals surface area contributed by atoms with E-state index in [0.717, 1.165) is 13.1 Å². The van der Waals surface area contributed by atoms with E-state index in [2.05, 4.69) is 31.0 Å². The lowest BCUT2D eigenvalue weighted by molar-refractivity contribution is 0.0826. The van der Waals surface area contributed by atoms with Gasteiger partial charge < -0.3 is 5.32 Å². The second-order valence-corrected chi connectivity index (χ2v) is 5.03. The van der Waals surface area contributed by atoms with Crippen molar-refractivity contribution < 1.29 is 4.39 Å².